The highest BCUT2D eigenvalue weighted by molar-refractivity contribution is 7.11. The number of nitrogens with one attached hydrogen (secondary N) is 1. The lowest BCUT2D eigenvalue weighted by Crippen LogP contribution is -2.35. The highest BCUT2D eigenvalue weighted by atomic mass is 32.1. The fourth-order valence-corrected chi connectivity index (χ4v) is 3.96. The number of benzene rings is 2. The Bertz CT molecular complexity index is 1040. The SMILES string of the molecule is COCCN1C(=O)C(Nc2cccc3ccccc23)=C(c2cccs2)C1=O. The third kappa shape index (κ3) is 3.13. The Labute approximate surface area is 160 Å². The van der Waals surface area contributed by atoms with E-state index in [0.717, 1.165) is 21.3 Å². The molecular weight excluding hydrogens is 360 g/mol. The van der Waals surface area contributed by atoms with Gasteiger partial charge in [0.2, 0.25) is 0 Å². The van der Waals surface area contributed by atoms with E-state index in [-0.39, 0.29) is 18.4 Å². The summed E-state index contributed by atoms with van der Waals surface area (Å²) >= 11 is 1.44. The number of fused-ring (bicyclic) bond motifs is 1. The maximum atomic E-state index is 13.0. The number of hydrogen-bond donors (Lipinski definition) is 1. The minimum atomic E-state index is -0.326. The quantitative estimate of drug-likeness (QED) is 0.664. The molecule has 0 spiro atoms. The van der Waals surface area contributed by atoms with Crippen LogP contribution in [-0.4, -0.2) is 37.0 Å². The largest absolute Gasteiger partial charge is 0.383 e. The lowest BCUT2D eigenvalue weighted by molar-refractivity contribution is -0.137. The van der Waals surface area contributed by atoms with Crippen LogP contribution in [0.25, 0.3) is 16.3 Å². The summed E-state index contributed by atoms with van der Waals surface area (Å²) in [6.45, 7) is 0.528. The van der Waals surface area contributed by atoms with Crippen LogP contribution in [0.3, 0.4) is 0 Å². The van der Waals surface area contributed by atoms with Crippen molar-refractivity contribution >= 4 is 45.2 Å². The van der Waals surface area contributed by atoms with Crippen LogP contribution in [0.15, 0.2) is 65.7 Å². The van der Waals surface area contributed by atoms with E-state index in [1.165, 1.54) is 16.2 Å². The third-order valence-corrected chi connectivity index (χ3v) is 5.39. The van der Waals surface area contributed by atoms with Gasteiger partial charge >= 0.3 is 0 Å². The molecule has 0 atom stereocenters. The number of nitrogens with zero attached hydrogens (tertiary/aromatic N) is 1. The van der Waals surface area contributed by atoms with Crippen molar-refractivity contribution in [2.75, 3.05) is 25.6 Å². The minimum Gasteiger partial charge on any atom is -0.383 e. The molecule has 2 heterocycles. The molecule has 4 rings (SSSR count). The standard InChI is InChI=1S/C21H18N2O3S/c1-26-12-11-23-20(24)18(17-10-5-13-27-17)19(21(23)25)22-16-9-4-7-14-6-2-3-8-15(14)16/h2-10,13,22H,11-12H2,1H3. The Morgan fingerprint density at radius 1 is 1.00 bits per heavy atom. The predicted octanol–water partition coefficient (Wildman–Crippen LogP) is 3.74. The number of anilines is 1. The summed E-state index contributed by atoms with van der Waals surface area (Å²) in [7, 11) is 1.55. The fraction of sp³-hybridized carbons (Fsp3) is 0.143. The van der Waals surface area contributed by atoms with E-state index in [1.54, 1.807) is 7.11 Å². The second-order valence-electron chi connectivity index (χ2n) is 6.13. The zero-order chi connectivity index (χ0) is 18.8. The number of imide groups is 1. The van der Waals surface area contributed by atoms with Gasteiger partial charge in [-0.05, 0) is 22.9 Å². The van der Waals surface area contributed by atoms with E-state index >= 15 is 0 Å². The number of rotatable bonds is 6. The van der Waals surface area contributed by atoms with Gasteiger partial charge in [0, 0.05) is 23.1 Å². The second-order valence-corrected chi connectivity index (χ2v) is 7.08. The molecule has 1 aromatic heterocycles. The van der Waals surface area contributed by atoms with Gasteiger partial charge in [-0.15, -0.1) is 11.3 Å². The van der Waals surface area contributed by atoms with Crippen molar-refractivity contribution in [1.82, 2.24) is 4.90 Å². The number of hydrogen-bond acceptors (Lipinski definition) is 5. The molecule has 0 unspecified atom stereocenters. The van der Waals surface area contributed by atoms with Crippen molar-refractivity contribution in [2.45, 2.75) is 0 Å². The Hall–Kier alpha value is -2.96. The molecule has 27 heavy (non-hydrogen) atoms. The summed E-state index contributed by atoms with van der Waals surface area (Å²) in [4.78, 5) is 28.0. The van der Waals surface area contributed by atoms with Crippen molar-refractivity contribution in [1.29, 1.82) is 0 Å². The van der Waals surface area contributed by atoms with Gasteiger partial charge in [0.1, 0.15) is 5.70 Å². The molecule has 136 valence electrons. The number of carbonyl (C=O) groups excluding carboxylic acids is 2. The topological polar surface area (TPSA) is 58.6 Å². The van der Waals surface area contributed by atoms with Gasteiger partial charge in [-0.25, -0.2) is 0 Å². The van der Waals surface area contributed by atoms with Crippen LogP contribution in [0.1, 0.15) is 4.88 Å². The smallest absolute Gasteiger partial charge is 0.278 e. The van der Waals surface area contributed by atoms with E-state index in [9.17, 15) is 9.59 Å². The lowest BCUT2D eigenvalue weighted by Gasteiger charge is -2.15. The zero-order valence-electron chi connectivity index (χ0n) is 14.8. The fourth-order valence-electron chi connectivity index (χ4n) is 3.20. The summed E-state index contributed by atoms with van der Waals surface area (Å²) in [5.74, 6) is -0.615. The number of carbonyl (C=O) groups is 2. The Balaban J connectivity index is 1.79. The molecule has 0 fully saturated rings. The molecule has 0 bridgehead atoms. The van der Waals surface area contributed by atoms with Gasteiger partial charge < -0.3 is 10.1 Å². The molecule has 1 aliphatic rings. The van der Waals surface area contributed by atoms with Crippen LogP contribution in [0.2, 0.25) is 0 Å². The monoisotopic (exact) mass is 378 g/mol. The summed E-state index contributed by atoms with van der Waals surface area (Å²) in [5, 5.41) is 7.20. The predicted molar refractivity (Wildman–Crippen MR) is 107 cm³/mol. The Morgan fingerprint density at radius 3 is 2.59 bits per heavy atom. The van der Waals surface area contributed by atoms with Gasteiger partial charge in [0.15, 0.2) is 0 Å². The number of amides is 2. The highest BCUT2D eigenvalue weighted by Gasteiger charge is 2.39. The van der Waals surface area contributed by atoms with Gasteiger partial charge in [0.05, 0.1) is 18.7 Å². The molecule has 6 heteroatoms. The molecule has 2 aromatic carbocycles. The summed E-state index contributed by atoms with van der Waals surface area (Å²) in [6, 6.07) is 17.5. The first-order valence-corrected chi connectivity index (χ1v) is 9.46. The second kappa shape index (κ2) is 7.34. The molecule has 0 saturated carbocycles. The number of ether oxygens (including phenoxy) is 1. The van der Waals surface area contributed by atoms with Gasteiger partial charge in [-0.2, -0.15) is 0 Å². The molecule has 1 N–H and O–H groups in total. The average Bonchev–Trinajstić information content (AvgIpc) is 3.28. The molecule has 3 aromatic rings. The first kappa shape index (κ1) is 17.5. The molecule has 2 amide bonds. The number of thiophene rings is 1. The van der Waals surface area contributed by atoms with Crippen molar-refractivity contribution in [3.8, 4) is 0 Å². The maximum absolute atomic E-state index is 13.0. The summed E-state index contributed by atoms with van der Waals surface area (Å²) in [5.41, 5.74) is 1.53. The molecule has 0 aliphatic carbocycles. The normalized spacial score (nSPS) is 14.5. The van der Waals surface area contributed by atoms with Crippen LogP contribution >= 0.6 is 11.3 Å². The van der Waals surface area contributed by atoms with Gasteiger partial charge in [0.25, 0.3) is 11.8 Å². The van der Waals surface area contributed by atoms with Crippen LogP contribution in [0, 0.1) is 0 Å². The Morgan fingerprint density at radius 2 is 1.81 bits per heavy atom. The highest BCUT2D eigenvalue weighted by Crippen LogP contribution is 2.34. The van der Waals surface area contributed by atoms with Crippen LogP contribution in [0.5, 0.6) is 0 Å². The molecule has 0 radical (unpaired) electrons. The van der Waals surface area contributed by atoms with Crippen LogP contribution < -0.4 is 5.32 Å². The van der Waals surface area contributed by atoms with Crippen molar-refractivity contribution in [2.24, 2.45) is 0 Å². The van der Waals surface area contributed by atoms with Crippen molar-refractivity contribution in [3.05, 3.63) is 70.6 Å². The number of methoxy groups -OCH3 is 1. The van der Waals surface area contributed by atoms with Crippen LogP contribution in [0.4, 0.5) is 5.69 Å². The van der Waals surface area contributed by atoms with E-state index in [2.05, 4.69) is 5.32 Å². The molecule has 0 saturated heterocycles. The summed E-state index contributed by atoms with van der Waals surface area (Å²) in [6.07, 6.45) is 0. The van der Waals surface area contributed by atoms with Crippen molar-refractivity contribution < 1.29 is 14.3 Å². The van der Waals surface area contributed by atoms with E-state index in [1.807, 2.05) is 60.0 Å². The van der Waals surface area contributed by atoms with Gasteiger partial charge in [-0.3, -0.25) is 14.5 Å². The van der Waals surface area contributed by atoms with Crippen LogP contribution in [-0.2, 0) is 14.3 Å². The van der Waals surface area contributed by atoms with Gasteiger partial charge in [-0.1, -0.05) is 42.5 Å². The van der Waals surface area contributed by atoms with E-state index in [0.29, 0.717) is 17.9 Å². The average molecular weight is 378 g/mol. The van der Waals surface area contributed by atoms with E-state index in [4.69, 9.17) is 4.74 Å². The Kier molecular flexibility index (Phi) is 4.75. The third-order valence-electron chi connectivity index (χ3n) is 4.50. The first-order chi connectivity index (χ1) is 13.2. The first-order valence-electron chi connectivity index (χ1n) is 8.59. The van der Waals surface area contributed by atoms with E-state index < -0.39 is 0 Å². The molecular formula is C21H18N2O3S. The zero-order valence-corrected chi connectivity index (χ0v) is 15.6. The summed E-state index contributed by atoms with van der Waals surface area (Å²) < 4.78 is 5.06. The lowest BCUT2D eigenvalue weighted by atomic mass is 10.1. The molecule has 5 nitrogen and oxygen atoms in total. The maximum Gasteiger partial charge on any atom is 0.278 e. The van der Waals surface area contributed by atoms with Crippen molar-refractivity contribution in [3.63, 3.8) is 0 Å². The molecule has 1 aliphatic heterocycles. The minimum absolute atomic E-state index is 0.226.